The van der Waals surface area contributed by atoms with Gasteiger partial charge in [0.15, 0.2) is 0 Å². The van der Waals surface area contributed by atoms with E-state index < -0.39 is 0 Å². The number of nitrogens with one attached hydrogen (secondary N) is 1. The number of hydrogen-bond donors (Lipinski definition) is 1. The van der Waals surface area contributed by atoms with Gasteiger partial charge in [0, 0.05) is 19.3 Å². The van der Waals surface area contributed by atoms with Gasteiger partial charge in [0.2, 0.25) is 0 Å². The number of hydrogen-bond acceptors (Lipinski definition) is 3. The van der Waals surface area contributed by atoms with E-state index in [0.29, 0.717) is 6.54 Å². The summed E-state index contributed by atoms with van der Waals surface area (Å²) in [4.78, 5) is 30.9. The molecule has 2 aromatic rings. The average Bonchev–Trinajstić information content (AvgIpc) is 2.62. The summed E-state index contributed by atoms with van der Waals surface area (Å²) in [6, 6.07) is 10.8. The first-order valence-corrected chi connectivity index (χ1v) is 8.54. The molecule has 0 aliphatic heterocycles. The van der Waals surface area contributed by atoms with Crippen molar-refractivity contribution >= 4 is 17.5 Å². The summed E-state index contributed by atoms with van der Waals surface area (Å²) in [5.41, 5.74) is 3.27. The van der Waals surface area contributed by atoms with E-state index in [1.807, 2.05) is 32.0 Å². The Bertz CT molecular complexity index is 751. The van der Waals surface area contributed by atoms with Gasteiger partial charge in [-0.05, 0) is 43.5 Å². The molecule has 1 heterocycles. The lowest BCUT2D eigenvalue weighted by molar-refractivity contribution is 0.0787. The van der Waals surface area contributed by atoms with Crippen molar-refractivity contribution in [3.05, 3.63) is 58.9 Å². The van der Waals surface area contributed by atoms with Gasteiger partial charge in [0.1, 0.15) is 11.4 Å². The molecule has 0 bridgehead atoms. The van der Waals surface area contributed by atoms with Crippen molar-refractivity contribution in [1.29, 1.82) is 0 Å². The van der Waals surface area contributed by atoms with E-state index >= 15 is 0 Å². The average molecular weight is 339 g/mol. The van der Waals surface area contributed by atoms with Crippen molar-refractivity contribution in [2.75, 3.05) is 18.9 Å². The number of unbranched alkanes of at least 4 members (excludes halogenated alkanes) is 1. The summed E-state index contributed by atoms with van der Waals surface area (Å²) in [5.74, 6) is -0.488. The van der Waals surface area contributed by atoms with Crippen LogP contribution in [0.2, 0.25) is 0 Å². The first-order valence-electron chi connectivity index (χ1n) is 8.54. The molecular weight excluding hydrogens is 314 g/mol. The van der Waals surface area contributed by atoms with Gasteiger partial charge >= 0.3 is 0 Å². The number of pyridine rings is 1. The summed E-state index contributed by atoms with van der Waals surface area (Å²) in [6.07, 6.45) is 1.96. The second-order valence-electron chi connectivity index (χ2n) is 6.21. The Kier molecular flexibility index (Phi) is 6.28. The predicted octanol–water partition coefficient (Wildman–Crippen LogP) is 3.82. The van der Waals surface area contributed by atoms with Gasteiger partial charge in [-0.3, -0.25) is 9.59 Å². The summed E-state index contributed by atoms with van der Waals surface area (Å²) < 4.78 is 0. The second-order valence-corrected chi connectivity index (χ2v) is 6.21. The molecule has 0 saturated carbocycles. The van der Waals surface area contributed by atoms with E-state index in [-0.39, 0.29) is 23.2 Å². The Morgan fingerprint density at radius 1 is 1.04 bits per heavy atom. The van der Waals surface area contributed by atoms with Crippen molar-refractivity contribution in [1.82, 2.24) is 9.88 Å². The number of para-hydroxylation sites is 1. The molecule has 0 radical (unpaired) electrons. The van der Waals surface area contributed by atoms with Gasteiger partial charge in [0.05, 0.1) is 0 Å². The Balaban J connectivity index is 2.18. The third-order valence-corrected chi connectivity index (χ3v) is 4.11. The van der Waals surface area contributed by atoms with E-state index in [1.54, 1.807) is 30.1 Å². The van der Waals surface area contributed by atoms with Gasteiger partial charge in [-0.1, -0.05) is 37.6 Å². The lowest BCUT2D eigenvalue weighted by Gasteiger charge is -2.16. The Labute approximate surface area is 149 Å². The van der Waals surface area contributed by atoms with E-state index in [0.717, 1.165) is 29.7 Å². The monoisotopic (exact) mass is 339 g/mol. The van der Waals surface area contributed by atoms with Crippen LogP contribution in [0.15, 0.2) is 36.4 Å². The number of amides is 2. The predicted molar refractivity (Wildman–Crippen MR) is 100.0 cm³/mol. The minimum atomic E-state index is -0.316. The summed E-state index contributed by atoms with van der Waals surface area (Å²) in [7, 11) is 1.75. The van der Waals surface area contributed by atoms with E-state index in [9.17, 15) is 9.59 Å². The third kappa shape index (κ3) is 4.66. The zero-order valence-corrected chi connectivity index (χ0v) is 15.3. The van der Waals surface area contributed by atoms with Crippen molar-refractivity contribution in [3.8, 4) is 0 Å². The SMILES string of the molecule is CCCCN(C)C(=O)c1cccc(C(=O)Nc2c(C)cccc2C)n1. The normalized spacial score (nSPS) is 10.4. The van der Waals surface area contributed by atoms with Gasteiger partial charge in [-0.25, -0.2) is 4.98 Å². The van der Waals surface area contributed by atoms with Crippen LogP contribution in [0.4, 0.5) is 5.69 Å². The fourth-order valence-electron chi connectivity index (χ4n) is 2.56. The lowest BCUT2D eigenvalue weighted by atomic mass is 10.1. The highest BCUT2D eigenvalue weighted by Gasteiger charge is 2.16. The van der Waals surface area contributed by atoms with Crippen LogP contribution in [0, 0.1) is 13.8 Å². The zero-order valence-electron chi connectivity index (χ0n) is 15.3. The maximum atomic E-state index is 12.5. The van der Waals surface area contributed by atoms with E-state index in [1.165, 1.54) is 0 Å². The standard InChI is InChI=1S/C20H25N3O2/c1-5-6-13-23(4)20(25)17-12-8-11-16(21-17)19(24)22-18-14(2)9-7-10-15(18)3/h7-12H,5-6,13H2,1-4H3,(H,22,24). The van der Waals surface area contributed by atoms with Gasteiger partial charge < -0.3 is 10.2 Å². The number of anilines is 1. The fourth-order valence-corrected chi connectivity index (χ4v) is 2.56. The number of carbonyl (C=O) groups excluding carboxylic acids is 2. The van der Waals surface area contributed by atoms with Gasteiger partial charge in [-0.15, -0.1) is 0 Å². The lowest BCUT2D eigenvalue weighted by Crippen LogP contribution is -2.29. The van der Waals surface area contributed by atoms with Crippen LogP contribution in [-0.2, 0) is 0 Å². The van der Waals surface area contributed by atoms with E-state index in [2.05, 4.69) is 17.2 Å². The first-order chi connectivity index (χ1) is 11.9. The first kappa shape index (κ1) is 18.6. The van der Waals surface area contributed by atoms with Crippen LogP contribution in [-0.4, -0.2) is 35.3 Å². The van der Waals surface area contributed by atoms with Crippen LogP contribution in [0.5, 0.6) is 0 Å². The smallest absolute Gasteiger partial charge is 0.274 e. The summed E-state index contributed by atoms with van der Waals surface area (Å²) in [5, 5.41) is 2.90. The zero-order chi connectivity index (χ0) is 18.4. The molecular formula is C20H25N3O2. The highest BCUT2D eigenvalue weighted by molar-refractivity contribution is 6.04. The van der Waals surface area contributed by atoms with Crippen LogP contribution in [0.25, 0.3) is 0 Å². The van der Waals surface area contributed by atoms with Gasteiger partial charge in [-0.2, -0.15) is 0 Å². The number of rotatable bonds is 6. The molecule has 132 valence electrons. The summed E-state index contributed by atoms with van der Waals surface area (Å²) in [6.45, 7) is 6.64. The van der Waals surface area contributed by atoms with Gasteiger partial charge in [0.25, 0.3) is 11.8 Å². The fraction of sp³-hybridized carbons (Fsp3) is 0.350. The molecule has 0 saturated heterocycles. The molecule has 1 N–H and O–H groups in total. The molecule has 2 rings (SSSR count). The Morgan fingerprint density at radius 2 is 1.64 bits per heavy atom. The third-order valence-electron chi connectivity index (χ3n) is 4.11. The minimum absolute atomic E-state index is 0.171. The molecule has 5 heteroatoms. The molecule has 1 aromatic carbocycles. The van der Waals surface area contributed by atoms with Crippen LogP contribution in [0.3, 0.4) is 0 Å². The quantitative estimate of drug-likeness (QED) is 0.870. The molecule has 0 spiro atoms. The molecule has 0 fully saturated rings. The molecule has 0 unspecified atom stereocenters. The molecule has 2 amide bonds. The number of benzene rings is 1. The number of nitrogens with zero attached hydrogens (tertiary/aromatic N) is 2. The molecule has 25 heavy (non-hydrogen) atoms. The van der Waals surface area contributed by atoms with Crippen molar-refractivity contribution in [2.45, 2.75) is 33.6 Å². The topological polar surface area (TPSA) is 62.3 Å². The van der Waals surface area contributed by atoms with Crippen molar-refractivity contribution < 1.29 is 9.59 Å². The minimum Gasteiger partial charge on any atom is -0.340 e. The number of aromatic nitrogens is 1. The highest BCUT2D eigenvalue weighted by Crippen LogP contribution is 2.20. The molecule has 0 aliphatic rings. The van der Waals surface area contributed by atoms with E-state index in [4.69, 9.17) is 0 Å². The van der Waals surface area contributed by atoms with Crippen LogP contribution in [0.1, 0.15) is 51.9 Å². The Hall–Kier alpha value is -2.69. The highest BCUT2D eigenvalue weighted by atomic mass is 16.2. The number of aryl methyl sites for hydroxylation is 2. The van der Waals surface area contributed by atoms with Crippen molar-refractivity contribution in [2.24, 2.45) is 0 Å². The molecule has 0 aliphatic carbocycles. The Morgan fingerprint density at radius 3 is 2.28 bits per heavy atom. The largest absolute Gasteiger partial charge is 0.340 e. The van der Waals surface area contributed by atoms with Crippen LogP contribution >= 0.6 is 0 Å². The number of carbonyl (C=O) groups is 2. The second kappa shape index (κ2) is 8.42. The molecule has 5 nitrogen and oxygen atoms in total. The molecule has 1 aromatic heterocycles. The maximum Gasteiger partial charge on any atom is 0.274 e. The molecule has 0 atom stereocenters. The van der Waals surface area contributed by atoms with Crippen LogP contribution < -0.4 is 5.32 Å². The maximum absolute atomic E-state index is 12.5. The van der Waals surface area contributed by atoms with Crippen molar-refractivity contribution in [3.63, 3.8) is 0 Å². The summed E-state index contributed by atoms with van der Waals surface area (Å²) >= 11 is 0.